The molecular formula is C19H29NO5. The molecule has 1 aromatic carbocycles. The van der Waals surface area contributed by atoms with Crippen LogP contribution in [0, 0.1) is 0 Å². The molecule has 1 amide bonds. The number of carbonyl (C=O) groups is 1. The monoisotopic (exact) mass is 351 g/mol. The van der Waals surface area contributed by atoms with Gasteiger partial charge in [0.05, 0.1) is 19.8 Å². The Morgan fingerprint density at radius 1 is 1.12 bits per heavy atom. The highest BCUT2D eigenvalue weighted by Gasteiger charge is 2.52. The highest BCUT2D eigenvalue weighted by Crippen LogP contribution is 2.44. The lowest BCUT2D eigenvalue weighted by Crippen LogP contribution is -2.67. The van der Waals surface area contributed by atoms with Crippen molar-refractivity contribution < 1.29 is 23.7 Å². The van der Waals surface area contributed by atoms with Crippen molar-refractivity contribution in [2.24, 2.45) is 0 Å². The molecule has 140 valence electrons. The first-order chi connectivity index (χ1) is 11.9. The van der Waals surface area contributed by atoms with Gasteiger partial charge >= 0.3 is 0 Å². The van der Waals surface area contributed by atoms with Crippen molar-refractivity contribution in [2.75, 3.05) is 28.4 Å². The molecule has 2 rings (SSSR count). The number of nitrogens with one attached hydrogen (secondary N) is 1. The van der Waals surface area contributed by atoms with Crippen molar-refractivity contribution in [3.05, 3.63) is 23.3 Å². The summed E-state index contributed by atoms with van der Waals surface area (Å²) in [5.41, 5.74) is 1.43. The van der Waals surface area contributed by atoms with E-state index >= 15 is 0 Å². The zero-order valence-corrected chi connectivity index (χ0v) is 16.0. The Morgan fingerprint density at radius 3 is 2.16 bits per heavy atom. The third-order valence-corrected chi connectivity index (χ3v) is 5.41. The van der Waals surface area contributed by atoms with Gasteiger partial charge in [-0.15, -0.1) is 0 Å². The molecule has 0 aromatic heterocycles. The van der Waals surface area contributed by atoms with Gasteiger partial charge in [-0.2, -0.15) is 0 Å². The summed E-state index contributed by atoms with van der Waals surface area (Å²) in [6, 6.07) is 3.81. The minimum Gasteiger partial charge on any atom is -0.496 e. The highest BCUT2D eigenvalue weighted by molar-refractivity contribution is 5.77. The summed E-state index contributed by atoms with van der Waals surface area (Å²) in [5, 5.41) is 3.17. The molecule has 0 radical (unpaired) electrons. The lowest BCUT2D eigenvalue weighted by molar-refractivity contribution is -0.245. The minimum absolute atomic E-state index is 0.0364. The summed E-state index contributed by atoms with van der Waals surface area (Å²) >= 11 is 0. The number of fused-ring (bicyclic) bond motifs is 1. The van der Waals surface area contributed by atoms with Gasteiger partial charge in [0.1, 0.15) is 11.5 Å². The zero-order chi connectivity index (χ0) is 18.7. The molecule has 0 spiro atoms. The van der Waals surface area contributed by atoms with E-state index < -0.39 is 11.3 Å². The second-order valence-electron chi connectivity index (χ2n) is 6.44. The normalized spacial score (nSPS) is 19.9. The molecule has 25 heavy (non-hydrogen) atoms. The number of methoxy groups -OCH3 is 4. The van der Waals surface area contributed by atoms with Crippen molar-refractivity contribution in [3.8, 4) is 11.5 Å². The number of ether oxygens (including phenoxy) is 4. The molecule has 6 heteroatoms. The van der Waals surface area contributed by atoms with Crippen LogP contribution in [0.1, 0.15) is 37.8 Å². The number of hydrogen-bond acceptors (Lipinski definition) is 5. The minimum atomic E-state index is -0.969. The van der Waals surface area contributed by atoms with Crippen LogP contribution in [0.25, 0.3) is 0 Å². The van der Waals surface area contributed by atoms with Crippen LogP contribution in [0.3, 0.4) is 0 Å². The lowest BCUT2D eigenvalue weighted by atomic mass is 9.72. The molecule has 1 aliphatic rings. The van der Waals surface area contributed by atoms with Gasteiger partial charge in [-0.05, 0) is 31.9 Å². The van der Waals surface area contributed by atoms with Gasteiger partial charge in [0.2, 0.25) is 5.91 Å². The van der Waals surface area contributed by atoms with E-state index in [0.29, 0.717) is 19.3 Å². The van der Waals surface area contributed by atoms with Crippen LogP contribution in [-0.4, -0.2) is 45.7 Å². The number of rotatable bonds is 7. The Hall–Kier alpha value is -1.79. The summed E-state index contributed by atoms with van der Waals surface area (Å²) in [5.74, 6) is 0.609. The molecule has 1 aliphatic carbocycles. The molecule has 0 bridgehead atoms. The zero-order valence-electron chi connectivity index (χ0n) is 16.0. The number of hydrogen-bond donors (Lipinski definition) is 1. The van der Waals surface area contributed by atoms with Gasteiger partial charge in [0.15, 0.2) is 5.79 Å². The van der Waals surface area contributed by atoms with Crippen LogP contribution < -0.4 is 14.8 Å². The summed E-state index contributed by atoms with van der Waals surface area (Å²) in [4.78, 5) is 12.3. The molecule has 0 heterocycles. The maximum Gasteiger partial charge on any atom is 0.220 e. The van der Waals surface area contributed by atoms with E-state index in [1.807, 2.05) is 26.0 Å². The first-order valence-electron chi connectivity index (χ1n) is 8.54. The summed E-state index contributed by atoms with van der Waals surface area (Å²) in [6.45, 7) is 3.70. The first kappa shape index (κ1) is 19.5. The molecule has 1 unspecified atom stereocenters. The second kappa shape index (κ2) is 7.62. The predicted molar refractivity (Wildman–Crippen MR) is 95.2 cm³/mol. The van der Waals surface area contributed by atoms with Crippen LogP contribution in [0.15, 0.2) is 12.1 Å². The van der Waals surface area contributed by atoms with Crippen LogP contribution in [0.2, 0.25) is 0 Å². The van der Waals surface area contributed by atoms with Gasteiger partial charge in [0.25, 0.3) is 0 Å². The fourth-order valence-corrected chi connectivity index (χ4v) is 3.67. The van der Waals surface area contributed by atoms with Gasteiger partial charge in [0, 0.05) is 38.2 Å². The Kier molecular flexibility index (Phi) is 5.95. The third kappa shape index (κ3) is 3.33. The smallest absolute Gasteiger partial charge is 0.220 e. The maximum absolute atomic E-state index is 12.3. The quantitative estimate of drug-likeness (QED) is 0.765. The summed E-state index contributed by atoms with van der Waals surface area (Å²) in [6.07, 6.45) is 2.33. The average Bonchev–Trinajstić information content (AvgIpc) is 2.65. The molecule has 0 saturated heterocycles. The SMILES string of the molecule is CCC(=O)NC1(C(C)(OC)OC)CCc2c(OC)ccc(OC)c2C1. The van der Waals surface area contributed by atoms with Crippen molar-refractivity contribution in [1.82, 2.24) is 5.32 Å². The van der Waals surface area contributed by atoms with Crippen LogP contribution in [-0.2, 0) is 27.1 Å². The molecule has 1 N–H and O–H groups in total. The molecule has 6 nitrogen and oxygen atoms in total. The fourth-order valence-electron chi connectivity index (χ4n) is 3.67. The predicted octanol–water partition coefficient (Wildman–Crippen LogP) is 2.47. The van der Waals surface area contributed by atoms with Crippen molar-refractivity contribution in [3.63, 3.8) is 0 Å². The van der Waals surface area contributed by atoms with Crippen molar-refractivity contribution >= 4 is 5.91 Å². The van der Waals surface area contributed by atoms with Crippen LogP contribution in [0.4, 0.5) is 0 Å². The van der Waals surface area contributed by atoms with Gasteiger partial charge in [-0.3, -0.25) is 4.79 Å². The summed E-state index contributed by atoms with van der Waals surface area (Å²) < 4.78 is 22.5. The molecule has 1 aromatic rings. The molecule has 0 fully saturated rings. The maximum atomic E-state index is 12.3. The molecule has 0 saturated carbocycles. The first-order valence-corrected chi connectivity index (χ1v) is 8.54. The number of benzene rings is 1. The van der Waals surface area contributed by atoms with E-state index in [2.05, 4.69) is 5.32 Å². The lowest BCUT2D eigenvalue weighted by Gasteiger charge is -2.49. The van der Waals surface area contributed by atoms with E-state index in [0.717, 1.165) is 29.0 Å². The molecule has 0 aliphatic heterocycles. The van der Waals surface area contributed by atoms with Crippen LogP contribution in [0.5, 0.6) is 11.5 Å². The van der Waals surface area contributed by atoms with Crippen LogP contribution >= 0.6 is 0 Å². The van der Waals surface area contributed by atoms with E-state index in [1.54, 1.807) is 28.4 Å². The topological polar surface area (TPSA) is 66.0 Å². The second-order valence-corrected chi connectivity index (χ2v) is 6.44. The van der Waals surface area contributed by atoms with E-state index in [-0.39, 0.29) is 5.91 Å². The van der Waals surface area contributed by atoms with E-state index in [1.165, 1.54) is 0 Å². The standard InChI is InChI=1S/C19H29NO5/c1-7-17(21)20-19(18(2,24-5)25-6)11-10-13-14(12-19)16(23-4)9-8-15(13)22-3/h8-9H,7,10-12H2,1-6H3,(H,20,21). The van der Waals surface area contributed by atoms with Crippen molar-refractivity contribution in [2.45, 2.75) is 50.9 Å². The fraction of sp³-hybridized carbons (Fsp3) is 0.632. The Labute approximate surface area is 149 Å². The Morgan fingerprint density at radius 2 is 1.68 bits per heavy atom. The number of amides is 1. The molecule has 1 atom stereocenters. The van der Waals surface area contributed by atoms with Gasteiger partial charge in [-0.25, -0.2) is 0 Å². The summed E-state index contributed by atoms with van der Waals surface area (Å²) in [7, 11) is 6.51. The van der Waals surface area contributed by atoms with E-state index in [9.17, 15) is 4.79 Å². The number of carbonyl (C=O) groups excluding carboxylic acids is 1. The highest BCUT2D eigenvalue weighted by atomic mass is 16.7. The van der Waals surface area contributed by atoms with Crippen molar-refractivity contribution in [1.29, 1.82) is 0 Å². The Balaban J connectivity index is 2.57. The Bertz CT molecular complexity index is 626. The van der Waals surface area contributed by atoms with Gasteiger partial charge < -0.3 is 24.3 Å². The third-order valence-electron chi connectivity index (χ3n) is 5.41. The van der Waals surface area contributed by atoms with E-state index in [4.69, 9.17) is 18.9 Å². The average molecular weight is 351 g/mol. The van der Waals surface area contributed by atoms with Gasteiger partial charge in [-0.1, -0.05) is 6.92 Å². The largest absolute Gasteiger partial charge is 0.496 e. The molecular weight excluding hydrogens is 322 g/mol.